The van der Waals surface area contributed by atoms with Crippen molar-refractivity contribution < 1.29 is 14.4 Å². The van der Waals surface area contributed by atoms with Crippen LogP contribution in [0, 0.1) is 0 Å². The number of nitrogens with zero attached hydrogens (tertiary/aromatic N) is 5. The van der Waals surface area contributed by atoms with E-state index in [2.05, 4.69) is 55.5 Å². The van der Waals surface area contributed by atoms with Gasteiger partial charge in [-0.2, -0.15) is 4.98 Å². The number of carbonyl (C=O) groups is 1. The number of aromatic nitrogens is 3. The smallest absolute Gasteiger partial charge is 0.432 e. The molecule has 168 valence electrons. The van der Waals surface area contributed by atoms with Crippen LogP contribution in [0.1, 0.15) is 30.7 Å². The van der Waals surface area contributed by atoms with Crippen LogP contribution in [0.4, 0.5) is 9.93 Å². The minimum Gasteiger partial charge on any atom is -0.479 e. The Labute approximate surface area is 190 Å². The molecule has 0 aliphatic carbocycles. The van der Waals surface area contributed by atoms with Gasteiger partial charge in [0, 0.05) is 25.7 Å². The molecule has 1 N–H and O–H groups in total. The van der Waals surface area contributed by atoms with Crippen molar-refractivity contribution in [3.05, 3.63) is 42.2 Å². The zero-order valence-electron chi connectivity index (χ0n) is 17.9. The Bertz CT molecular complexity index is 1070. The Hall–Kier alpha value is -2.82. The van der Waals surface area contributed by atoms with Crippen LogP contribution in [-0.4, -0.2) is 70.3 Å². The molecule has 3 aromatic rings. The molecule has 4 heterocycles. The summed E-state index contributed by atoms with van der Waals surface area (Å²) in [6.45, 7) is 3.70. The fourth-order valence-electron chi connectivity index (χ4n) is 4.58. The molecule has 2 aliphatic heterocycles. The number of amides is 1. The Morgan fingerprint density at radius 2 is 1.94 bits per heavy atom. The number of hydroxylamine groups is 2. The van der Waals surface area contributed by atoms with Crippen molar-refractivity contribution in [1.82, 2.24) is 24.9 Å². The van der Waals surface area contributed by atoms with E-state index in [1.54, 1.807) is 5.06 Å². The topological polar surface area (TPSA) is 92.7 Å². The lowest BCUT2D eigenvalue weighted by molar-refractivity contribution is -0.115. The normalized spacial score (nSPS) is 20.5. The minimum absolute atomic E-state index is 0.381. The van der Waals surface area contributed by atoms with Gasteiger partial charge in [0.2, 0.25) is 5.88 Å². The first-order valence-corrected chi connectivity index (χ1v) is 11.7. The van der Waals surface area contributed by atoms with Gasteiger partial charge in [-0.15, -0.1) is 5.06 Å². The molecule has 2 aliphatic rings. The number of fused-ring (bicyclic) bond motifs is 1. The number of benzene rings is 1. The number of hydrogen-bond donors (Lipinski definition) is 1. The second-order valence-corrected chi connectivity index (χ2v) is 9.09. The minimum atomic E-state index is -0.542. The summed E-state index contributed by atoms with van der Waals surface area (Å²) in [5.74, 6) is 1.000. The lowest BCUT2D eigenvalue weighted by Gasteiger charge is -2.35. The molecule has 10 heteroatoms. The van der Waals surface area contributed by atoms with Crippen LogP contribution in [0.3, 0.4) is 0 Å². The van der Waals surface area contributed by atoms with Gasteiger partial charge in [-0.3, -0.25) is 10.2 Å². The van der Waals surface area contributed by atoms with Crippen molar-refractivity contribution in [3.63, 3.8) is 0 Å². The number of hydrogen-bond acceptors (Lipinski definition) is 9. The fraction of sp³-hybridized carbons (Fsp3) is 0.455. The van der Waals surface area contributed by atoms with Gasteiger partial charge in [-0.05, 0) is 37.3 Å². The van der Waals surface area contributed by atoms with E-state index in [4.69, 9.17) is 9.57 Å². The van der Waals surface area contributed by atoms with E-state index in [1.165, 1.54) is 36.8 Å². The molecule has 0 spiro atoms. The molecule has 1 amide bonds. The van der Waals surface area contributed by atoms with Crippen molar-refractivity contribution in [3.8, 4) is 5.88 Å². The standard InChI is InChI=1S/C22H26N6O3S/c1-30-19-18-20(24-14-23-19)32-21(25-18)26-22(29)31-28-11-8-17(9-12-28)27-10-7-16(13-27)15-5-3-2-4-6-15/h2-6,14,16-17H,7-13H2,1H3,(H,25,26,29). The van der Waals surface area contributed by atoms with Crippen LogP contribution in [0.25, 0.3) is 10.3 Å². The maximum atomic E-state index is 12.4. The third-order valence-electron chi connectivity index (χ3n) is 6.21. The highest BCUT2D eigenvalue weighted by Crippen LogP contribution is 2.31. The number of methoxy groups -OCH3 is 1. The van der Waals surface area contributed by atoms with E-state index in [-0.39, 0.29) is 0 Å². The molecule has 1 atom stereocenters. The number of anilines is 1. The fourth-order valence-corrected chi connectivity index (χ4v) is 5.36. The van der Waals surface area contributed by atoms with Gasteiger partial charge < -0.3 is 9.57 Å². The molecule has 1 unspecified atom stereocenters. The van der Waals surface area contributed by atoms with Gasteiger partial charge in [0.1, 0.15) is 6.33 Å². The number of likely N-dealkylation sites (tertiary alicyclic amines) is 1. The molecule has 9 nitrogen and oxygen atoms in total. The highest BCUT2D eigenvalue weighted by atomic mass is 32.1. The number of piperidine rings is 1. The van der Waals surface area contributed by atoms with Crippen molar-refractivity contribution >= 4 is 32.9 Å². The van der Waals surface area contributed by atoms with E-state index in [0.717, 1.165) is 39.0 Å². The quantitative estimate of drug-likeness (QED) is 0.626. The number of ether oxygens (including phenoxy) is 1. The van der Waals surface area contributed by atoms with E-state index >= 15 is 0 Å². The van der Waals surface area contributed by atoms with Crippen LogP contribution >= 0.6 is 11.3 Å². The molecule has 2 aromatic heterocycles. The predicted octanol–water partition coefficient (Wildman–Crippen LogP) is 3.51. The molecule has 2 saturated heterocycles. The monoisotopic (exact) mass is 454 g/mol. The summed E-state index contributed by atoms with van der Waals surface area (Å²) in [5.41, 5.74) is 1.96. The molecule has 0 radical (unpaired) electrons. The predicted molar refractivity (Wildman–Crippen MR) is 122 cm³/mol. The second-order valence-electron chi connectivity index (χ2n) is 8.11. The maximum Gasteiger partial charge on any atom is 0.432 e. The molecule has 0 saturated carbocycles. The third-order valence-corrected chi connectivity index (χ3v) is 7.09. The Kier molecular flexibility index (Phi) is 6.15. The molecular formula is C22H26N6O3S. The van der Waals surface area contributed by atoms with Crippen molar-refractivity contribution in [1.29, 1.82) is 0 Å². The van der Waals surface area contributed by atoms with Crippen molar-refractivity contribution in [2.45, 2.75) is 31.2 Å². The van der Waals surface area contributed by atoms with E-state index in [9.17, 15) is 4.79 Å². The number of nitrogens with one attached hydrogen (secondary N) is 1. The average molecular weight is 455 g/mol. The summed E-state index contributed by atoms with van der Waals surface area (Å²) in [7, 11) is 1.52. The maximum absolute atomic E-state index is 12.4. The summed E-state index contributed by atoms with van der Waals surface area (Å²) in [4.78, 5) is 33.7. The first-order valence-electron chi connectivity index (χ1n) is 10.9. The molecule has 5 rings (SSSR count). The summed E-state index contributed by atoms with van der Waals surface area (Å²) in [6.07, 6.45) is 4.06. The van der Waals surface area contributed by atoms with Crippen LogP contribution in [-0.2, 0) is 4.84 Å². The Morgan fingerprint density at radius 3 is 2.72 bits per heavy atom. The lowest BCUT2D eigenvalue weighted by atomic mass is 9.98. The van der Waals surface area contributed by atoms with Crippen LogP contribution in [0.2, 0.25) is 0 Å². The van der Waals surface area contributed by atoms with Gasteiger partial charge >= 0.3 is 6.09 Å². The van der Waals surface area contributed by atoms with Gasteiger partial charge in [0.15, 0.2) is 15.5 Å². The van der Waals surface area contributed by atoms with E-state index < -0.39 is 6.09 Å². The first kappa shape index (κ1) is 21.0. The number of carbonyl (C=O) groups excluding carboxylic acids is 1. The zero-order valence-corrected chi connectivity index (χ0v) is 18.8. The third kappa shape index (κ3) is 4.52. The van der Waals surface area contributed by atoms with Crippen LogP contribution < -0.4 is 10.1 Å². The van der Waals surface area contributed by atoms with Crippen LogP contribution in [0.5, 0.6) is 5.88 Å². The molecule has 1 aromatic carbocycles. The van der Waals surface area contributed by atoms with Gasteiger partial charge in [-0.1, -0.05) is 41.7 Å². The van der Waals surface area contributed by atoms with Crippen molar-refractivity contribution in [2.75, 3.05) is 38.6 Å². The van der Waals surface area contributed by atoms with Gasteiger partial charge in [0.05, 0.1) is 7.11 Å². The van der Waals surface area contributed by atoms with Crippen LogP contribution in [0.15, 0.2) is 36.7 Å². The average Bonchev–Trinajstić information content (AvgIpc) is 3.47. The number of rotatable bonds is 5. The molecular weight excluding hydrogens is 428 g/mol. The Morgan fingerprint density at radius 1 is 1.12 bits per heavy atom. The second kappa shape index (κ2) is 9.35. The molecule has 2 fully saturated rings. The zero-order chi connectivity index (χ0) is 21.9. The summed E-state index contributed by atoms with van der Waals surface area (Å²) >= 11 is 1.25. The lowest BCUT2D eigenvalue weighted by Crippen LogP contribution is -2.45. The summed E-state index contributed by atoms with van der Waals surface area (Å²) in [5, 5.41) is 4.84. The molecule has 32 heavy (non-hydrogen) atoms. The largest absolute Gasteiger partial charge is 0.479 e. The summed E-state index contributed by atoms with van der Waals surface area (Å²) in [6, 6.07) is 11.3. The van der Waals surface area contributed by atoms with Gasteiger partial charge in [-0.25, -0.2) is 14.8 Å². The van der Waals surface area contributed by atoms with E-state index in [1.807, 2.05) is 0 Å². The van der Waals surface area contributed by atoms with Gasteiger partial charge in [0.25, 0.3) is 0 Å². The Balaban J connectivity index is 1.10. The molecule has 0 bridgehead atoms. The van der Waals surface area contributed by atoms with E-state index in [0.29, 0.717) is 33.3 Å². The highest BCUT2D eigenvalue weighted by Gasteiger charge is 2.32. The SMILES string of the molecule is COc1ncnc2sc(NC(=O)ON3CCC(N4CCC(c5ccccc5)C4)CC3)nc12. The number of thiazole rings is 1. The summed E-state index contributed by atoms with van der Waals surface area (Å²) < 4.78 is 5.19. The first-order chi connectivity index (χ1) is 15.7. The highest BCUT2D eigenvalue weighted by molar-refractivity contribution is 7.22. The van der Waals surface area contributed by atoms with Crippen molar-refractivity contribution in [2.24, 2.45) is 0 Å².